The molecule has 1 aromatic carbocycles. The molecular weight excluding hydrogens is 328 g/mol. The molecule has 1 unspecified atom stereocenters. The summed E-state index contributed by atoms with van der Waals surface area (Å²) in [5.41, 5.74) is 0.927. The summed E-state index contributed by atoms with van der Waals surface area (Å²) in [4.78, 5) is 36.7. The van der Waals surface area contributed by atoms with Gasteiger partial charge in [-0.25, -0.2) is 0 Å². The summed E-state index contributed by atoms with van der Waals surface area (Å²) in [6.07, 6.45) is 0.456. The van der Waals surface area contributed by atoms with Crippen molar-refractivity contribution in [2.24, 2.45) is 0 Å². The van der Waals surface area contributed by atoms with Crippen molar-refractivity contribution in [1.29, 1.82) is 0 Å². The molecule has 0 saturated carbocycles. The van der Waals surface area contributed by atoms with Crippen LogP contribution in [0.5, 0.6) is 0 Å². The average Bonchev–Trinajstić information content (AvgIpc) is 2.55. The van der Waals surface area contributed by atoms with Crippen molar-refractivity contribution in [2.75, 3.05) is 24.6 Å². The van der Waals surface area contributed by atoms with Gasteiger partial charge in [0.2, 0.25) is 11.8 Å². The SMILES string of the molecule is O=C(O)CC1CSCCN1C(=O)CCNC(=O)Cc1ccccc1. The molecule has 1 saturated heterocycles. The molecule has 0 spiro atoms. The molecule has 2 amide bonds. The van der Waals surface area contributed by atoms with Crippen molar-refractivity contribution >= 4 is 29.5 Å². The molecule has 7 heteroatoms. The minimum atomic E-state index is -0.892. The molecule has 1 fully saturated rings. The number of hydrogen-bond acceptors (Lipinski definition) is 4. The van der Waals surface area contributed by atoms with Crippen LogP contribution >= 0.6 is 11.8 Å². The van der Waals surface area contributed by atoms with Crippen LogP contribution in [0.3, 0.4) is 0 Å². The highest BCUT2D eigenvalue weighted by atomic mass is 32.2. The van der Waals surface area contributed by atoms with E-state index in [1.165, 1.54) is 0 Å². The van der Waals surface area contributed by atoms with E-state index in [-0.39, 0.29) is 43.7 Å². The van der Waals surface area contributed by atoms with Gasteiger partial charge in [0, 0.05) is 31.0 Å². The first-order valence-electron chi connectivity index (χ1n) is 7.96. The number of rotatable bonds is 7. The van der Waals surface area contributed by atoms with Crippen molar-refractivity contribution in [3.8, 4) is 0 Å². The Morgan fingerprint density at radius 3 is 2.71 bits per heavy atom. The lowest BCUT2D eigenvalue weighted by Crippen LogP contribution is -2.47. The first-order valence-corrected chi connectivity index (χ1v) is 9.11. The second-order valence-electron chi connectivity index (χ2n) is 5.68. The van der Waals surface area contributed by atoms with Gasteiger partial charge in [0.15, 0.2) is 0 Å². The number of carbonyl (C=O) groups excluding carboxylic acids is 2. The van der Waals surface area contributed by atoms with E-state index < -0.39 is 5.97 Å². The molecule has 1 aliphatic rings. The summed E-state index contributed by atoms with van der Waals surface area (Å²) in [6.45, 7) is 0.841. The highest BCUT2D eigenvalue weighted by molar-refractivity contribution is 7.99. The Morgan fingerprint density at radius 1 is 1.25 bits per heavy atom. The third kappa shape index (κ3) is 5.88. The van der Waals surface area contributed by atoms with Crippen LogP contribution in [0.25, 0.3) is 0 Å². The maximum atomic E-state index is 12.3. The summed E-state index contributed by atoms with van der Waals surface area (Å²) in [5.74, 6) is 0.365. The Morgan fingerprint density at radius 2 is 2.00 bits per heavy atom. The molecule has 1 atom stereocenters. The van der Waals surface area contributed by atoms with Gasteiger partial charge in [0.25, 0.3) is 0 Å². The summed E-state index contributed by atoms with van der Waals surface area (Å²) in [6, 6.07) is 9.16. The number of carbonyl (C=O) groups is 3. The summed E-state index contributed by atoms with van der Waals surface area (Å²) in [5, 5.41) is 11.7. The molecule has 0 radical (unpaired) electrons. The van der Waals surface area contributed by atoms with Gasteiger partial charge in [-0.15, -0.1) is 0 Å². The zero-order chi connectivity index (χ0) is 17.4. The van der Waals surface area contributed by atoms with Crippen molar-refractivity contribution < 1.29 is 19.5 Å². The number of amides is 2. The van der Waals surface area contributed by atoms with Crippen LogP contribution in [0.4, 0.5) is 0 Å². The predicted octanol–water partition coefficient (Wildman–Crippen LogP) is 1.15. The van der Waals surface area contributed by atoms with E-state index in [1.807, 2.05) is 30.3 Å². The highest BCUT2D eigenvalue weighted by Crippen LogP contribution is 2.19. The molecule has 6 nitrogen and oxygen atoms in total. The molecule has 1 aromatic rings. The number of thioether (sulfide) groups is 1. The Hall–Kier alpha value is -2.02. The lowest BCUT2D eigenvalue weighted by Gasteiger charge is -2.34. The van der Waals surface area contributed by atoms with Gasteiger partial charge in [0.1, 0.15) is 0 Å². The number of carboxylic acid groups (broad SMARTS) is 1. The molecule has 2 N–H and O–H groups in total. The summed E-state index contributed by atoms with van der Waals surface area (Å²) < 4.78 is 0. The topological polar surface area (TPSA) is 86.7 Å². The van der Waals surface area contributed by atoms with E-state index in [1.54, 1.807) is 16.7 Å². The molecule has 1 aliphatic heterocycles. The van der Waals surface area contributed by atoms with Gasteiger partial charge in [-0.2, -0.15) is 11.8 Å². The van der Waals surface area contributed by atoms with Crippen LogP contribution in [0, 0.1) is 0 Å². The fourth-order valence-corrected chi connectivity index (χ4v) is 3.71. The number of nitrogens with one attached hydrogen (secondary N) is 1. The molecule has 1 heterocycles. The monoisotopic (exact) mass is 350 g/mol. The smallest absolute Gasteiger partial charge is 0.305 e. The quantitative estimate of drug-likeness (QED) is 0.770. The van der Waals surface area contributed by atoms with Gasteiger partial charge in [-0.05, 0) is 5.56 Å². The maximum Gasteiger partial charge on any atom is 0.305 e. The van der Waals surface area contributed by atoms with Crippen LogP contribution in [0.1, 0.15) is 18.4 Å². The number of nitrogens with zero attached hydrogens (tertiary/aromatic N) is 1. The maximum absolute atomic E-state index is 12.3. The zero-order valence-corrected chi connectivity index (χ0v) is 14.3. The van der Waals surface area contributed by atoms with E-state index in [4.69, 9.17) is 5.11 Å². The molecule has 0 bridgehead atoms. The average molecular weight is 350 g/mol. The molecular formula is C17H22N2O4S. The van der Waals surface area contributed by atoms with Crippen LogP contribution in [-0.4, -0.2) is 58.4 Å². The number of carboxylic acids is 1. The standard InChI is InChI=1S/C17H22N2O4S/c20-15(10-13-4-2-1-3-5-13)18-7-6-16(21)19-8-9-24-12-14(19)11-17(22)23/h1-5,14H,6-12H2,(H,18,20)(H,22,23). The minimum Gasteiger partial charge on any atom is -0.481 e. The largest absolute Gasteiger partial charge is 0.481 e. The van der Waals surface area contributed by atoms with Crippen molar-refractivity contribution in [2.45, 2.75) is 25.3 Å². The van der Waals surface area contributed by atoms with Crippen LogP contribution < -0.4 is 5.32 Å². The fourth-order valence-electron chi connectivity index (χ4n) is 2.65. The molecule has 24 heavy (non-hydrogen) atoms. The van der Waals surface area contributed by atoms with Gasteiger partial charge in [0.05, 0.1) is 18.9 Å². The fraction of sp³-hybridized carbons (Fsp3) is 0.471. The second-order valence-corrected chi connectivity index (χ2v) is 6.83. The molecule has 0 aliphatic carbocycles. The second kappa shape index (κ2) is 9.32. The van der Waals surface area contributed by atoms with Crippen molar-refractivity contribution in [3.63, 3.8) is 0 Å². The first-order chi connectivity index (χ1) is 11.6. The van der Waals surface area contributed by atoms with Crippen LogP contribution in [0.15, 0.2) is 30.3 Å². The normalized spacial score (nSPS) is 17.3. The van der Waals surface area contributed by atoms with E-state index in [9.17, 15) is 14.4 Å². The first kappa shape index (κ1) is 18.3. The van der Waals surface area contributed by atoms with Gasteiger partial charge < -0.3 is 15.3 Å². The summed E-state index contributed by atoms with van der Waals surface area (Å²) in [7, 11) is 0. The van der Waals surface area contributed by atoms with E-state index in [0.717, 1.165) is 11.3 Å². The number of aliphatic carboxylic acids is 1. The summed E-state index contributed by atoms with van der Waals surface area (Å²) >= 11 is 1.67. The zero-order valence-electron chi connectivity index (χ0n) is 13.4. The molecule has 2 rings (SSSR count). The van der Waals surface area contributed by atoms with Crippen molar-refractivity contribution in [3.05, 3.63) is 35.9 Å². The third-order valence-corrected chi connectivity index (χ3v) is 4.92. The highest BCUT2D eigenvalue weighted by Gasteiger charge is 2.28. The lowest BCUT2D eigenvalue weighted by molar-refractivity contribution is -0.140. The lowest BCUT2D eigenvalue weighted by atomic mass is 10.1. The third-order valence-electron chi connectivity index (χ3n) is 3.83. The van der Waals surface area contributed by atoms with Crippen molar-refractivity contribution in [1.82, 2.24) is 10.2 Å². The van der Waals surface area contributed by atoms with Crippen LogP contribution in [-0.2, 0) is 20.8 Å². The number of hydrogen-bond donors (Lipinski definition) is 2. The number of benzene rings is 1. The molecule has 130 valence electrons. The van der Waals surface area contributed by atoms with Gasteiger partial charge in [-0.1, -0.05) is 30.3 Å². The van der Waals surface area contributed by atoms with Gasteiger partial charge >= 0.3 is 5.97 Å². The van der Waals surface area contributed by atoms with Crippen LogP contribution in [0.2, 0.25) is 0 Å². The van der Waals surface area contributed by atoms with E-state index in [2.05, 4.69) is 5.32 Å². The Kier molecular flexibility index (Phi) is 7.11. The van der Waals surface area contributed by atoms with E-state index >= 15 is 0 Å². The van der Waals surface area contributed by atoms with E-state index in [0.29, 0.717) is 12.3 Å². The Balaban J connectivity index is 1.75. The molecule has 0 aromatic heterocycles. The Labute approximate surface area is 145 Å². The minimum absolute atomic E-state index is 0.0287. The van der Waals surface area contributed by atoms with Gasteiger partial charge in [-0.3, -0.25) is 14.4 Å². The Bertz CT molecular complexity index is 579. The predicted molar refractivity (Wildman–Crippen MR) is 92.9 cm³/mol.